The number of nitrogens with one attached hydrogen (secondary N) is 3. The molecule has 0 aliphatic heterocycles. The Labute approximate surface area is 165 Å². The van der Waals surface area contributed by atoms with Gasteiger partial charge in [-0.05, 0) is 24.1 Å². The Morgan fingerprint density at radius 1 is 0.964 bits per heavy atom. The van der Waals surface area contributed by atoms with Crippen molar-refractivity contribution in [3.8, 4) is 11.3 Å². The van der Waals surface area contributed by atoms with Crippen LogP contribution < -0.4 is 16.0 Å². The lowest BCUT2D eigenvalue weighted by atomic mass is 10.1. The predicted molar refractivity (Wildman–Crippen MR) is 115 cm³/mol. The first-order valence-electron chi connectivity index (χ1n) is 9.32. The van der Waals surface area contributed by atoms with Crippen molar-refractivity contribution in [2.45, 2.75) is 20.8 Å². The van der Waals surface area contributed by atoms with E-state index in [4.69, 9.17) is 0 Å². The van der Waals surface area contributed by atoms with E-state index in [1.807, 2.05) is 60.7 Å². The van der Waals surface area contributed by atoms with E-state index in [2.05, 4.69) is 39.8 Å². The molecule has 0 aliphatic carbocycles. The van der Waals surface area contributed by atoms with Gasteiger partial charge in [-0.1, -0.05) is 50.2 Å². The Morgan fingerprint density at radius 3 is 2.43 bits per heavy atom. The molecule has 6 heteroatoms. The lowest BCUT2D eigenvalue weighted by Crippen LogP contribution is -2.11. The normalized spacial score (nSPS) is 10.6. The van der Waals surface area contributed by atoms with Gasteiger partial charge in [-0.15, -0.1) is 0 Å². The van der Waals surface area contributed by atoms with E-state index in [-0.39, 0.29) is 5.91 Å². The van der Waals surface area contributed by atoms with Crippen LogP contribution in [0.4, 0.5) is 23.1 Å². The summed E-state index contributed by atoms with van der Waals surface area (Å²) in [6, 6.07) is 19.4. The van der Waals surface area contributed by atoms with Crippen LogP contribution in [0.1, 0.15) is 20.8 Å². The first-order valence-corrected chi connectivity index (χ1v) is 9.32. The second kappa shape index (κ2) is 8.99. The molecule has 1 aromatic heterocycles. The van der Waals surface area contributed by atoms with Gasteiger partial charge in [0.2, 0.25) is 11.9 Å². The van der Waals surface area contributed by atoms with Crippen molar-refractivity contribution in [1.29, 1.82) is 0 Å². The highest BCUT2D eigenvalue weighted by Crippen LogP contribution is 2.24. The number of aromatic nitrogens is 2. The standard InChI is InChI=1S/C22H25N5O/c1-15(2)14-23-21-13-20(17-8-5-4-6-9-17)26-22(27-21)25-19-11-7-10-18(12-19)24-16(3)28/h4-13,15H,14H2,1-3H3,(H,24,28)(H2,23,25,26,27). The van der Waals surface area contributed by atoms with Gasteiger partial charge in [-0.2, -0.15) is 4.98 Å². The summed E-state index contributed by atoms with van der Waals surface area (Å²) in [5, 5.41) is 9.39. The van der Waals surface area contributed by atoms with E-state index in [1.165, 1.54) is 6.92 Å². The van der Waals surface area contributed by atoms with Crippen molar-refractivity contribution in [3.05, 3.63) is 60.7 Å². The maximum Gasteiger partial charge on any atom is 0.229 e. The highest BCUT2D eigenvalue weighted by molar-refractivity contribution is 5.89. The van der Waals surface area contributed by atoms with Gasteiger partial charge in [0.1, 0.15) is 5.82 Å². The van der Waals surface area contributed by atoms with Crippen molar-refractivity contribution in [2.75, 3.05) is 22.5 Å². The van der Waals surface area contributed by atoms with Crippen molar-refractivity contribution in [2.24, 2.45) is 5.92 Å². The second-order valence-electron chi connectivity index (χ2n) is 6.99. The number of hydrogen-bond donors (Lipinski definition) is 3. The zero-order chi connectivity index (χ0) is 19.9. The summed E-state index contributed by atoms with van der Waals surface area (Å²) in [4.78, 5) is 20.6. The lowest BCUT2D eigenvalue weighted by Gasteiger charge is -2.13. The van der Waals surface area contributed by atoms with Crippen LogP contribution in [-0.4, -0.2) is 22.4 Å². The van der Waals surface area contributed by atoms with Crippen LogP contribution >= 0.6 is 0 Å². The maximum atomic E-state index is 11.3. The molecule has 3 N–H and O–H groups in total. The smallest absolute Gasteiger partial charge is 0.229 e. The van der Waals surface area contributed by atoms with Crippen LogP contribution in [0.2, 0.25) is 0 Å². The Morgan fingerprint density at radius 2 is 1.71 bits per heavy atom. The number of benzene rings is 2. The van der Waals surface area contributed by atoms with Crippen LogP contribution in [0.3, 0.4) is 0 Å². The Hall–Kier alpha value is -3.41. The van der Waals surface area contributed by atoms with Gasteiger partial charge in [0.05, 0.1) is 5.69 Å². The molecule has 0 saturated heterocycles. The molecule has 0 spiro atoms. The average molecular weight is 375 g/mol. The molecular formula is C22H25N5O. The number of amides is 1. The molecule has 0 saturated carbocycles. The SMILES string of the molecule is CC(=O)Nc1cccc(Nc2nc(NCC(C)C)cc(-c3ccccc3)n2)c1. The first kappa shape index (κ1) is 19.4. The van der Waals surface area contributed by atoms with Gasteiger partial charge in [0.15, 0.2) is 0 Å². The zero-order valence-electron chi connectivity index (χ0n) is 16.4. The molecule has 0 aliphatic rings. The minimum atomic E-state index is -0.111. The molecular weight excluding hydrogens is 350 g/mol. The first-order chi connectivity index (χ1) is 13.5. The van der Waals surface area contributed by atoms with Crippen molar-refractivity contribution in [1.82, 2.24) is 9.97 Å². The van der Waals surface area contributed by atoms with Crippen LogP contribution in [0.15, 0.2) is 60.7 Å². The van der Waals surface area contributed by atoms with Crippen LogP contribution in [0, 0.1) is 5.92 Å². The Kier molecular flexibility index (Phi) is 6.22. The third kappa shape index (κ3) is 5.54. The monoisotopic (exact) mass is 375 g/mol. The summed E-state index contributed by atoms with van der Waals surface area (Å²) in [6.45, 7) is 6.61. The quantitative estimate of drug-likeness (QED) is 0.547. The van der Waals surface area contributed by atoms with Gasteiger partial charge in [-0.25, -0.2) is 4.98 Å². The fourth-order valence-corrected chi connectivity index (χ4v) is 2.67. The minimum absolute atomic E-state index is 0.111. The van der Waals surface area contributed by atoms with E-state index >= 15 is 0 Å². The van der Waals surface area contributed by atoms with Crippen molar-refractivity contribution < 1.29 is 4.79 Å². The summed E-state index contributed by atoms with van der Waals surface area (Å²) < 4.78 is 0. The number of carbonyl (C=O) groups excluding carboxylic acids is 1. The highest BCUT2D eigenvalue weighted by Gasteiger charge is 2.08. The molecule has 0 radical (unpaired) electrons. The molecule has 0 bridgehead atoms. The summed E-state index contributed by atoms with van der Waals surface area (Å²) >= 11 is 0. The fourth-order valence-electron chi connectivity index (χ4n) is 2.67. The molecule has 28 heavy (non-hydrogen) atoms. The van der Waals surface area contributed by atoms with E-state index < -0.39 is 0 Å². The third-order valence-corrected chi connectivity index (χ3v) is 3.93. The third-order valence-electron chi connectivity index (χ3n) is 3.93. The molecule has 0 atom stereocenters. The summed E-state index contributed by atoms with van der Waals surface area (Å²) in [7, 11) is 0. The molecule has 0 fully saturated rings. The van der Waals surface area contributed by atoms with E-state index in [0.717, 1.165) is 35.0 Å². The Bertz CT molecular complexity index is 941. The lowest BCUT2D eigenvalue weighted by molar-refractivity contribution is -0.114. The van der Waals surface area contributed by atoms with E-state index in [9.17, 15) is 4.79 Å². The molecule has 0 unspecified atom stereocenters. The van der Waals surface area contributed by atoms with Gasteiger partial charge < -0.3 is 16.0 Å². The van der Waals surface area contributed by atoms with Crippen LogP contribution in [0.25, 0.3) is 11.3 Å². The largest absolute Gasteiger partial charge is 0.370 e. The molecule has 6 nitrogen and oxygen atoms in total. The number of anilines is 4. The summed E-state index contributed by atoms with van der Waals surface area (Å²) in [5.74, 6) is 1.65. The molecule has 1 amide bonds. The second-order valence-corrected chi connectivity index (χ2v) is 6.99. The molecule has 1 heterocycles. The average Bonchev–Trinajstić information content (AvgIpc) is 2.67. The zero-order valence-corrected chi connectivity index (χ0v) is 16.4. The number of rotatable bonds is 7. The maximum absolute atomic E-state index is 11.3. The van der Waals surface area contributed by atoms with E-state index in [0.29, 0.717) is 11.9 Å². The Balaban J connectivity index is 1.91. The number of hydrogen-bond acceptors (Lipinski definition) is 5. The van der Waals surface area contributed by atoms with Gasteiger partial charge in [-0.3, -0.25) is 4.79 Å². The fraction of sp³-hybridized carbons (Fsp3) is 0.227. The minimum Gasteiger partial charge on any atom is -0.370 e. The van der Waals surface area contributed by atoms with Gasteiger partial charge in [0, 0.05) is 36.5 Å². The van der Waals surface area contributed by atoms with Crippen LogP contribution in [0.5, 0.6) is 0 Å². The molecule has 3 aromatic rings. The van der Waals surface area contributed by atoms with Crippen molar-refractivity contribution in [3.63, 3.8) is 0 Å². The molecule has 2 aromatic carbocycles. The number of nitrogens with zero attached hydrogens (tertiary/aromatic N) is 2. The summed E-state index contributed by atoms with van der Waals surface area (Å²) in [6.07, 6.45) is 0. The van der Waals surface area contributed by atoms with Gasteiger partial charge in [0.25, 0.3) is 0 Å². The van der Waals surface area contributed by atoms with Crippen LogP contribution in [-0.2, 0) is 4.79 Å². The topological polar surface area (TPSA) is 78.9 Å². The van der Waals surface area contributed by atoms with E-state index in [1.54, 1.807) is 0 Å². The molecule has 3 rings (SSSR count). The summed E-state index contributed by atoms with van der Waals surface area (Å²) in [5.41, 5.74) is 3.37. The van der Waals surface area contributed by atoms with Gasteiger partial charge >= 0.3 is 0 Å². The number of carbonyl (C=O) groups is 1. The molecule has 144 valence electrons. The predicted octanol–water partition coefficient (Wildman–Crippen LogP) is 4.91. The highest BCUT2D eigenvalue weighted by atomic mass is 16.1. The van der Waals surface area contributed by atoms with Crippen molar-refractivity contribution >= 4 is 29.0 Å².